The first-order chi connectivity index (χ1) is 16.3. The van der Waals surface area contributed by atoms with Crippen molar-refractivity contribution in [2.45, 2.75) is 13.8 Å². The summed E-state index contributed by atoms with van der Waals surface area (Å²) in [6, 6.07) is 15.1. The zero-order chi connectivity index (χ0) is 24.1. The molecule has 34 heavy (non-hydrogen) atoms. The lowest BCUT2D eigenvalue weighted by molar-refractivity contribution is 0.0697. The van der Waals surface area contributed by atoms with Crippen molar-refractivity contribution in [3.8, 4) is 11.8 Å². The van der Waals surface area contributed by atoms with Crippen LogP contribution in [0.3, 0.4) is 0 Å². The standard InChI is InChI=1S/C25H17N5O4/c1-13-17(23(31)29-21-6-4-3-5-20(21)27-22(29)19(13)12-26)11-18-14(2)28-30(24(18)32)16-9-7-15(8-10-16)25(33)34/h3-11,28H,1-2H3,(H,33,34)/b17-11-. The number of aromatic carboxylic acids is 1. The molecule has 2 aromatic carbocycles. The van der Waals surface area contributed by atoms with Crippen LogP contribution in [0, 0.1) is 25.2 Å². The number of para-hydroxylation sites is 2. The third-order valence-corrected chi connectivity index (χ3v) is 5.89. The quantitative estimate of drug-likeness (QED) is 0.431. The van der Waals surface area contributed by atoms with Crippen LogP contribution in [-0.4, -0.2) is 30.2 Å². The highest BCUT2D eigenvalue weighted by Crippen LogP contribution is 2.18. The molecule has 3 aromatic heterocycles. The van der Waals surface area contributed by atoms with E-state index in [4.69, 9.17) is 5.11 Å². The van der Waals surface area contributed by atoms with Gasteiger partial charge < -0.3 is 5.11 Å². The zero-order valence-corrected chi connectivity index (χ0v) is 18.2. The van der Waals surface area contributed by atoms with E-state index in [1.54, 1.807) is 38.1 Å². The molecule has 0 atom stereocenters. The van der Waals surface area contributed by atoms with E-state index in [0.717, 1.165) is 0 Å². The maximum Gasteiger partial charge on any atom is 0.335 e. The van der Waals surface area contributed by atoms with Crippen LogP contribution in [-0.2, 0) is 0 Å². The Morgan fingerprint density at radius 1 is 1.09 bits per heavy atom. The Morgan fingerprint density at radius 3 is 2.47 bits per heavy atom. The summed E-state index contributed by atoms with van der Waals surface area (Å²) < 4.78 is 2.68. The number of imidazole rings is 1. The molecule has 0 fully saturated rings. The first-order valence-electron chi connectivity index (χ1n) is 10.3. The molecule has 0 amide bonds. The summed E-state index contributed by atoms with van der Waals surface area (Å²) in [6.45, 7) is 3.36. The largest absolute Gasteiger partial charge is 0.478 e. The second-order valence-electron chi connectivity index (χ2n) is 7.88. The number of nitrogens with zero attached hydrogens (tertiary/aromatic N) is 4. The second kappa shape index (κ2) is 7.56. The first-order valence-corrected chi connectivity index (χ1v) is 10.3. The predicted molar refractivity (Wildman–Crippen MR) is 125 cm³/mol. The van der Waals surface area contributed by atoms with Crippen molar-refractivity contribution < 1.29 is 9.90 Å². The van der Waals surface area contributed by atoms with Gasteiger partial charge in [0.05, 0.1) is 33.4 Å². The molecule has 9 heteroatoms. The lowest BCUT2D eigenvalue weighted by atomic mass is 10.1. The van der Waals surface area contributed by atoms with Gasteiger partial charge >= 0.3 is 5.97 Å². The monoisotopic (exact) mass is 451 g/mol. The molecule has 0 aliphatic rings. The minimum atomic E-state index is -1.07. The normalized spacial score (nSPS) is 11.9. The Morgan fingerprint density at radius 2 is 1.79 bits per heavy atom. The van der Waals surface area contributed by atoms with Crippen molar-refractivity contribution >= 4 is 28.7 Å². The third-order valence-electron chi connectivity index (χ3n) is 5.89. The molecular weight excluding hydrogens is 434 g/mol. The summed E-state index contributed by atoms with van der Waals surface area (Å²) >= 11 is 0. The van der Waals surface area contributed by atoms with Gasteiger partial charge in [-0.05, 0) is 61.9 Å². The fraction of sp³-hybridized carbons (Fsp3) is 0.0800. The van der Waals surface area contributed by atoms with Crippen LogP contribution in [0.1, 0.15) is 32.7 Å². The maximum atomic E-state index is 13.5. The molecule has 0 spiro atoms. The number of carboxylic acid groups (broad SMARTS) is 1. The van der Waals surface area contributed by atoms with Crippen LogP contribution in [0.25, 0.3) is 28.4 Å². The Labute approximate surface area is 191 Å². The van der Waals surface area contributed by atoms with E-state index in [9.17, 15) is 19.6 Å². The number of hydrogen-bond acceptors (Lipinski definition) is 5. The van der Waals surface area contributed by atoms with Gasteiger partial charge in [-0.3, -0.25) is 19.1 Å². The van der Waals surface area contributed by atoms with Crippen molar-refractivity contribution in [2.75, 3.05) is 0 Å². The van der Waals surface area contributed by atoms with Crippen LogP contribution >= 0.6 is 0 Å². The van der Waals surface area contributed by atoms with Gasteiger partial charge in [0.2, 0.25) is 0 Å². The molecule has 0 radical (unpaired) electrons. The number of carboxylic acids is 1. The van der Waals surface area contributed by atoms with E-state index >= 15 is 0 Å². The van der Waals surface area contributed by atoms with Crippen LogP contribution in [0.15, 0.2) is 58.1 Å². The summed E-state index contributed by atoms with van der Waals surface area (Å²) in [5.74, 6) is -1.07. The van der Waals surface area contributed by atoms with Gasteiger partial charge in [-0.1, -0.05) is 12.1 Å². The number of rotatable bonds is 3. The van der Waals surface area contributed by atoms with Gasteiger partial charge in [0.15, 0.2) is 5.65 Å². The molecule has 0 aliphatic heterocycles. The Balaban J connectivity index is 1.79. The molecule has 166 valence electrons. The first kappa shape index (κ1) is 20.9. The van der Waals surface area contributed by atoms with Gasteiger partial charge in [-0.15, -0.1) is 0 Å². The van der Waals surface area contributed by atoms with Crippen molar-refractivity contribution in [3.05, 3.63) is 102 Å². The van der Waals surface area contributed by atoms with Crippen LogP contribution < -0.4 is 16.3 Å². The minimum absolute atomic E-state index is 0.100. The lowest BCUT2D eigenvalue weighted by Crippen LogP contribution is -2.34. The second-order valence-corrected chi connectivity index (χ2v) is 7.88. The van der Waals surface area contributed by atoms with Crippen molar-refractivity contribution in [1.82, 2.24) is 19.2 Å². The molecular formula is C25H17N5O4. The van der Waals surface area contributed by atoms with Crippen molar-refractivity contribution in [2.24, 2.45) is 0 Å². The van der Waals surface area contributed by atoms with E-state index in [1.807, 2.05) is 0 Å². The van der Waals surface area contributed by atoms with Crippen molar-refractivity contribution in [3.63, 3.8) is 0 Å². The number of aromatic amines is 1. The van der Waals surface area contributed by atoms with E-state index in [0.29, 0.717) is 28.0 Å². The number of benzene rings is 2. The van der Waals surface area contributed by atoms with Crippen LogP contribution in [0.5, 0.6) is 0 Å². The summed E-state index contributed by atoms with van der Waals surface area (Å²) in [7, 11) is 0. The fourth-order valence-electron chi connectivity index (χ4n) is 4.10. The average Bonchev–Trinajstić information content (AvgIpc) is 3.34. The van der Waals surface area contributed by atoms with Crippen LogP contribution in [0.2, 0.25) is 0 Å². The number of aryl methyl sites for hydroxylation is 1. The topological polar surface area (TPSA) is 133 Å². The van der Waals surface area contributed by atoms with Gasteiger partial charge in [0.1, 0.15) is 6.07 Å². The van der Waals surface area contributed by atoms with E-state index in [2.05, 4.69) is 16.2 Å². The highest BCUT2D eigenvalue weighted by Gasteiger charge is 2.18. The molecule has 2 N–H and O–H groups in total. The number of aromatic nitrogens is 4. The highest BCUT2D eigenvalue weighted by atomic mass is 16.4. The Bertz CT molecular complexity index is 1850. The van der Waals surface area contributed by atoms with Gasteiger partial charge in [-0.2, -0.15) is 5.26 Å². The third kappa shape index (κ3) is 3.01. The van der Waals surface area contributed by atoms with E-state index < -0.39 is 11.5 Å². The molecule has 0 aliphatic carbocycles. The number of hydrogen-bond donors (Lipinski definition) is 2. The molecule has 3 heterocycles. The number of carbonyl (C=O) groups is 1. The molecule has 0 unspecified atom stereocenters. The van der Waals surface area contributed by atoms with Gasteiger partial charge in [0.25, 0.3) is 11.1 Å². The maximum absolute atomic E-state index is 13.5. The lowest BCUT2D eigenvalue weighted by Gasteiger charge is -2.02. The molecule has 0 saturated carbocycles. The zero-order valence-electron chi connectivity index (χ0n) is 18.2. The molecule has 0 bridgehead atoms. The SMILES string of the molecule is Cc1[nH]n(-c2ccc(C(=O)O)cc2)c(=O)c1/C=c1/c(C)c(C#N)c2nc3ccccc3n2c1=O. The number of fused-ring (bicyclic) bond motifs is 3. The van der Waals surface area contributed by atoms with Gasteiger partial charge in [0, 0.05) is 10.9 Å². The van der Waals surface area contributed by atoms with Crippen LogP contribution in [0.4, 0.5) is 0 Å². The van der Waals surface area contributed by atoms with E-state index in [1.165, 1.54) is 39.4 Å². The summed E-state index contributed by atoms with van der Waals surface area (Å²) in [5.41, 5.74) is 2.70. The summed E-state index contributed by atoms with van der Waals surface area (Å²) in [6.07, 6.45) is 1.49. The molecule has 5 rings (SSSR count). The number of pyridine rings is 1. The summed E-state index contributed by atoms with van der Waals surface area (Å²) in [5, 5.41) is 22.1. The van der Waals surface area contributed by atoms with E-state index in [-0.39, 0.29) is 33.1 Å². The number of H-pyrrole nitrogens is 1. The molecule has 5 aromatic rings. The minimum Gasteiger partial charge on any atom is -0.478 e. The number of nitrogens with one attached hydrogen (secondary N) is 1. The Hall–Kier alpha value is -4.97. The highest BCUT2D eigenvalue weighted by molar-refractivity contribution is 5.87. The van der Waals surface area contributed by atoms with Crippen molar-refractivity contribution in [1.29, 1.82) is 5.26 Å². The van der Waals surface area contributed by atoms with Gasteiger partial charge in [-0.25, -0.2) is 14.5 Å². The number of nitriles is 1. The fourth-order valence-corrected chi connectivity index (χ4v) is 4.10. The Kier molecular flexibility index (Phi) is 4.65. The smallest absolute Gasteiger partial charge is 0.335 e. The molecule has 9 nitrogen and oxygen atoms in total. The summed E-state index contributed by atoms with van der Waals surface area (Å²) in [4.78, 5) is 42.3. The predicted octanol–water partition coefficient (Wildman–Crippen LogP) is 2.06. The average molecular weight is 451 g/mol. The molecule has 0 saturated heterocycles.